The number of hydrogen-bond acceptors (Lipinski definition) is 3. The van der Waals surface area contributed by atoms with E-state index in [-0.39, 0.29) is 6.04 Å². The fourth-order valence-corrected chi connectivity index (χ4v) is 3.40. The number of ether oxygens (including phenoxy) is 1. The lowest BCUT2D eigenvalue weighted by atomic mass is 9.79. The summed E-state index contributed by atoms with van der Waals surface area (Å²) in [6.07, 6.45) is 3.47. The second-order valence-electron chi connectivity index (χ2n) is 5.78. The Kier molecular flexibility index (Phi) is 4.42. The molecule has 21 heavy (non-hydrogen) atoms. The van der Waals surface area contributed by atoms with E-state index in [4.69, 9.17) is 9.15 Å². The molecular weight excluding hydrogens is 262 g/mol. The van der Waals surface area contributed by atoms with Gasteiger partial charge in [0.2, 0.25) is 0 Å². The van der Waals surface area contributed by atoms with Crippen LogP contribution in [0, 0.1) is 5.92 Å². The Morgan fingerprint density at radius 1 is 1.24 bits per heavy atom. The number of benzene rings is 1. The van der Waals surface area contributed by atoms with Gasteiger partial charge in [0.05, 0.1) is 6.04 Å². The molecule has 3 nitrogen and oxygen atoms in total. The fraction of sp³-hybridized carbons (Fsp3) is 0.444. The summed E-state index contributed by atoms with van der Waals surface area (Å²) in [6, 6.07) is 13.1. The lowest BCUT2D eigenvalue weighted by molar-refractivity contribution is 0.159. The van der Waals surface area contributed by atoms with Crippen molar-refractivity contribution in [3.63, 3.8) is 0 Å². The summed E-state index contributed by atoms with van der Waals surface area (Å²) < 4.78 is 11.1. The summed E-state index contributed by atoms with van der Waals surface area (Å²) in [4.78, 5) is 0. The SMILES string of the molecule is CNC(c1ccc(COC)o1)C1CCc2ccccc2C1. The van der Waals surface area contributed by atoms with Gasteiger partial charge in [-0.15, -0.1) is 0 Å². The van der Waals surface area contributed by atoms with E-state index in [0.29, 0.717) is 12.5 Å². The van der Waals surface area contributed by atoms with Crippen molar-refractivity contribution in [3.05, 3.63) is 59.0 Å². The predicted molar refractivity (Wildman–Crippen MR) is 83.2 cm³/mol. The van der Waals surface area contributed by atoms with Gasteiger partial charge in [-0.05, 0) is 55.5 Å². The Labute approximate surface area is 126 Å². The molecule has 1 aliphatic carbocycles. The second kappa shape index (κ2) is 6.46. The molecule has 2 aromatic rings. The van der Waals surface area contributed by atoms with Crippen LogP contribution in [-0.2, 0) is 24.2 Å². The van der Waals surface area contributed by atoms with Crippen molar-refractivity contribution in [2.75, 3.05) is 14.2 Å². The minimum atomic E-state index is 0.268. The van der Waals surface area contributed by atoms with Crippen molar-refractivity contribution in [1.29, 1.82) is 0 Å². The first kappa shape index (κ1) is 14.4. The lowest BCUT2D eigenvalue weighted by Gasteiger charge is -2.30. The van der Waals surface area contributed by atoms with E-state index in [1.807, 2.05) is 13.1 Å². The van der Waals surface area contributed by atoms with Crippen LogP contribution in [0.4, 0.5) is 0 Å². The molecule has 0 fully saturated rings. The number of aryl methyl sites for hydroxylation is 1. The zero-order valence-electron chi connectivity index (χ0n) is 12.8. The van der Waals surface area contributed by atoms with Crippen molar-refractivity contribution in [1.82, 2.24) is 5.32 Å². The van der Waals surface area contributed by atoms with Gasteiger partial charge < -0.3 is 14.5 Å². The summed E-state index contributed by atoms with van der Waals surface area (Å²) in [7, 11) is 3.71. The third-order valence-corrected chi connectivity index (χ3v) is 4.44. The molecule has 1 aromatic heterocycles. The van der Waals surface area contributed by atoms with Gasteiger partial charge in [-0.3, -0.25) is 0 Å². The van der Waals surface area contributed by atoms with E-state index in [2.05, 4.69) is 35.6 Å². The quantitative estimate of drug-likeness (QED) is 0.913. The fourth-order valence-electron chi connectivity index (χ4n) is 3.40. The molecule has 1 N–H and O–H groups in total. The highest BCUT2D eigenvalue weighted by molar-refractivity contribution is 5.30. The summed E-state index contributed by atoms with van der Waals surface area (Å²) in [5.74, 6) is 2.49. The van der Waals surface area contributed by atoms with Crippen molar-refractivity contribution >= 4 is 0 Å². The molecule has 0 radical (unpaired) electrons. The average Bonchev–Trinajstić information content (AvgIpc) is 2.97. The van der Waals surface area contributed by atoms with Crippen LogP contribution in [-0.4, -0.2) is 14.2 Å². The number of rotatable bonds is 5. The van der Waals surface area contributed by atoms with Crippen molar-refractivity contribution in [2.45, 2.75) is 31.9 Å². The zero-order valence-corrected chi connectivity index (χ0v) is 12.8. The van der Waals surface area contributed by atoms with E-state index >= 15 is 0 Å². The van der Waals surface area contributed by atoms with E-state index in [1.165, 1.54) is 17.5 Å². The highest BCUT2D eigenvalue weighted by Gasteiger charge is 2.28. The highest BCUT2D eigenvalue weighted by atomic mass is 16.5. The van der Waals surface area contributed by atoms with Crippen LogP contribution in [0.5, 0.6) is 0 Å². The molecule has 2 atom stereocenters. The van der Waals surface area contributed by atoms with E-state index < -0.39 is 0 Å². The Balaban J connectivity index is 1.77. The molecule has 0 saturated heterocycles. The monoisotopic (exact) mass is 285 g/mol. The van der Waals surface area contributed by atoms with Crippen LogP contribution >= 0.6 is 0 Å². The minimum absolute atomic E-state index is 0.268. The largest absolute Gasteiger partial charge is 0.462 e. The summed E-state index contributed by atoms with van der Waals surface area (Å²) in [6.45, 7) is 0.532. The van der Waals surface area contributed by atoms with Crippen LogP contribution in [0.2, 0.25) is 0 Å². The van der Waals surface area contributed by atoms with Crippen molar-refractivity contribution < 1.29 is 9.15 Å². The summed E-state index contributed by atoms with van der Waals surface area (Å²) in [5.41, 5.74) is 2.99. The van der Waals surface area contributed by atoms with Gasteiger partial charge in [-0.1, -0.05) is 24.3 Å². The minimum Gasteiger partial charge on any atom is -0.462 e. The first-order valence-electron chi connectivity index (χ1n) is 7.63. The topological polar surface area (TPSA) is 34.4 Å². The molecule has 0 saturated carbocycles. The standard InChI is InChI=1S/C18H23NO2/c1-19-18(17-10-9-16(21-17)12-20-2)15-8-7-13-5-3-4-6-14(13)11-15/h3-6,9-10,15,18-19H,7-8,11-12H2,1-2H3. The zero-order chi connectivity index (χ0) is 14.7. The number of fused-ring (bicyclic) bond motifs is 1. The third kappa shape index (κ3) is 3.04. The Bertz CT molecular complexity index is 590. The maximum Gasteiger partial charge on any atom is 0.129 e. The van der Waals surface area contributed by atoms with Crippen molar-refractivity contribution in [3.8, 4) is 0 Å². The highest BCUT2D eigenvalue weighted by Crippen LogP contribution is 2.34. The van der Waals surface area contributed by atoms with E-state index in [9.17, 15) is 0 Å². The van der Waals surface area contributed by atoms with Crippen LogP contribution in [0.1, 0.15) is 35.1 Å². The Morgan fingerprint density at radius 3 is 2.81 bits per heavy atom. The van der Waals surface area contributed by atoms with Gasteiger partial charge in [-0.25, -0.2) is 0 Å². The smallest absolute Gasteiger partial charge is 0.129 e. The molecule has 0 aliphatic heterocycles. The third-order valence-electron chi connectivity index (χ3n) is 4.44. The van der Waals surface area contributed by atoms with E-state index in [1.54, 1.807) is 7.11 Å². The number of nitrogens with one attached hydrogen (secondary N) is 1. The number of hydrogen-bond donors (Lipinski definition) is 1. The molecule has 0 bridgehead atoms. The predicted octanol–water partition coefficient (Wildman–Crippen LogP) is 3.49. The maximum absolute atomic E-state index is 5.93. The summed E-state index contributed by atoms with van der Waals surface area (Å²) >= 11 is 0. The van der Waals surface area contributed by atoms with Crippen LogP contribution in [0.25, 0.3) is 0 Å². The molecule has 1 aliphatic rings. The molecule has 1 heterocycles. The second-order valence-corrected chi connectivity index (χ2v) is 5.78. The normalized spacial score (nSPS) is 19.2. The van der Waals surface area contributed by atoms with Crippen molar-refractivity contribution in [2.24, 2.45) is 5.92 Å². The molecule has 1 aromatic carbocycles. The molecule has 3 heteroatoms. The van der Waals surface area contributed by atoms with E-state index in [0.717, 1.165) is 24.4 Å². The number of furan rings is 1. The van der Waals surface area contributed by atoms with Crippen LogP contribution < -0.4 is 5.32 Å². The molecule has 3 rings (SSSR count). The molecular formula is C18H23NO2. The number of methoxy groups -OCH3 is 1. The van der Waals surface area contributed by atoms with Gasteiger partial charge in [-0.2, -0.15) is 0 Å². The van der Waals surface area contributed by atoms with Crippen LogP contribution in [0.3, 0.4) is 0 Å². The molecule has 2 unspecified atom stereocenters. The molecule has 112 valence electrons. The summed E-state index contributed by atoms with van der Waals surface area (Å²) in [5, 5.41) is 3.44. The first-order chi connectivity index (χ1) is 10.3. The van der Waals surface area contributed by atoms with Gasteiger partial charge in [0, 0.05) is 7.11 Å². The van der Waals surface area contributed by atoms with Gasteiger partial charge >= 0.3 is 0 Å². The Morgan fingerprint density at radius 2 is 2.05 bits per heavy atom. The van der Waals surface area contributed by atoms with Crippen LogP contribution in [0.15, 0.2) is 40.8 Å². The van der Waals surface area contributed by atoms with Gasteiger partial charge in [0.1, 0.15) is 18.1 Å². The molecule has 0 spiro atoms. The first-order valence-corrected chi connectivity index (χ1v) is 7.63. The average molecular weight is 285 g/mol. The lowest BCUT2D eigenvalue weighted by Crippen LogP contribution is -2.29. The van der Waals surface area contributed by atoms with Gasteiger partial charge in [0.15, 0.2) is 0 Å². The Hall–Kier alpha value is -1.58. The maximum atomic E-state index is 5.93. The molecule has 0 amide bonds. The van der Waals surface area contributed by atoms with Gasteiger partial charge in [0.25, 0.3) is 0 Å².